The van der Waals surface area contributed by atoms with Gasteiger partial charge in [-0.3, -0.25) is 9.59 Å². The van der Waals surface area contributed by atoms with Crippen LogP contribution in [0.5, 0.6) is 0 Å². The molecule has 1 aliphatic rings. The van der Waals surface area contributed by atoms with E-state index < -0.39 is 11.2 Å². The van der Waals surface area contributed by atoms with Crippen LogP contribution < -0.4 is 10.6 Å². The zero-order valence-electron chi connectivity index (χ0n) is 14.8. The number of anilines is 2. The van der Waals surface area contributed by atoms with Gasteiger partial charge in [0.15, 0.2) is 0 Å². The molecule has 140 valence electrons. The molecule has 0 aromatic heterocycles. The average molecular weight is 384 g/mol. The molecule has 7 heteroatoms. The molecule has 2 amide bonds. The second kappa shape index (κ2) is 8.26. The van der Waals surface area contributed by atoms with Gasteiger partial charge in [0.05, 0.1) is 10.8 Å². The minimum atomic E-state index is -1.04. The van der Waals surface area contributed by atoms with E-state index in [0.717, 1.165) is 23.4 Å². The summed E-state index contributed by atoms with van der Waals surface area (Å²) in [6.45, 7) is 1.77. The van der Waals surface area contributed by atoms with Gasteiger partial charge in [0.2, 0.25) is 11.8 Å². The molecule has 3 rings (SSSR count). The van der Waals surface area contributed by atoms with Crippen LogP contribution in [0.25, 0.3) is 0 Å². The molecule has 6 nitrogen and oxygen atoms in total. The van der Waals surface area contributed by atoms with Crippen LogP contribution in [0, 0.1) is 5.92 Å². The van der Waals surface area contributed by atoms with Crippen molar-refractivity contribution in [3.8, 4) is 0 Å². The van der Waals surface area contributed by atoms with Gasteiger partial charge in [-0.2, -0.15) is 0 Å². The molecule has 3 N–H and O–H groups in total. The highest BCUT2D eigenvalue weighted by molar-refractivity contribution is 8.00. The Kier molecular flexibility index (Phi) is 5.81. The Balaban J connectivity index is 1.60. The number of carbonyl (C=O) groups excluding carboxylic acids is 2. The third-order valence-corrected chi connectivity index (χ3v) is 5.20. The number of hydrogen-bond acceptors (Lipinski definition) is 4. The highest BCUT2D eigenvalue weighted by Gasteiger charge is 2.29. The molecule has 2 aromatic carbocycles. The molecule has 0 bridgehead atoms. The quantitative estimate of drug-likeness (QED) is 0.630. The van der Waals surface area contributed by atoms with E-state index in [-0.39, 0.29) is 23.3 Å². The average Bonchev–Trinajstić information content (AvgIpc) is 3.47. The number of carbonyl (C=O) groups is 3. The van der Waals surface area contributed by atoms with Crippen molar-refractivity contribution in [2.24, 2.45) is 5.92 Å². The number of amides is 2. The summed E-state index contributed by atoms with van der Waals surface area (Å²) in [5, 5.41) is 14.3. The predicted molar refractivity (Wildman–Crippen MR) is 105 cm³/mol. The Hall–Kier alpha value is -2.80. The van der Waals surface area contributed by atoms with Crippen LogP contribution in [-0.2, 0) is 9.59 Å². The maximum atomic E-state index is 12.4. The monoisotopic (exact) mass is 384 g/mol. The smallest absolute Gasteiger partial charge is 0.335 e. The van der Waals surface area contributed by atoms with Crippen molar-refractivity contribution in [3.05, 3.63) is 54.1 Å². The minimum absolute atomic E-state index is 0.0428. The Morgan fingerprint density at radius 2 is 1.70 bits per heavy atom. The Morgan fingerprint density at radius 3 is 2.37 bits per heavy atom. The van der Waals surface area contributed by atoms with Crippen molar-refractivity contribution in [1.82, 2.24) is 0 Å². The first-order chi connectivity index (χ1) is 12.9. The predicted octanol–water partition coefficient (Wildman–Crippen LogP) is 3.85. The first-order valence-corrected chi connectivity index (χ1v) is 9.52. The number of hydrogen-bond donors (Lipinski definition) is 3. The summed E-state index contributed by atoms with van der Waals surface area (Å²) in [4.78, 5) is 36.2. The molecule has 0 radical (unpaired) electrons. The Bertz CT molecular complexity index is 880. The molecule has 1 unspecified atom stereocenters. The first-order valence-electron chi connectivity index (χ1n) is 8.64. The van der Waals surface area contributed by atoms with Crippen molar-refractivity contribution >= 4 is 40.9 Å². The lowest BCUT2D eigenvalue weighted by Gasteiger charge is -2.13. The van der Waals surface area contributed by atoms with Crippen molar-refractivity contribution in [2.45, 2.75) is 29.9 Å². The second-order valence-electron chi connectivity index (χ2n) is 6.43. The van der Waals surface area contributed by atoms with E-state index >= 15 is 0 Å². The minimum Gasteiger partial charge on any atom is -0.478 e. The number of carboxylic acids is 1. The second-order valence-corrected chi connectivity index (χ2v) is 7.84. The molecule has 27 heavy (non-hydrogen) atoms. The van der Waals surface area contributed by atoms with E-state index in [0.29, 0.717) is 5.69 Å². The van der Waals surface area contributed by atoms with E-state index in [9.17, 15) is 14.4 Å². The lowest BCUT2D eigenvalue weighted by atomic mass is 10.2. The number of aromatic carboxylic acids is 1. The maximum absolute atomic E-state index is 12.4. The van der Waals surface area contributed by atoms with Crippen LogP contribution in [0.2, 0.25) is 0 Å². The first kappa shape index (κ1) is 19.0. The lowest BCUT2D eigenvalue weighted by Crippen LogP contribution is -2.22. The molecule has 1 atom stereocenters. The molecular formula is C20H20N2O4S. The molecular weight excluding hydrogens is 364 g/mol. The molecule has 0 aliphatic heterocycles. The normalized spacial score (nSPS) is 14.3. The summed E-state index contributed by atoms with van der Waals surface area (Å²) in [5.41, 5.74) is 1.28. The van der Waals surface area contributed by atoms with Gasteiger partial charge in [-0.25, -0.2) is 4.79 Å². The van der Waals surface area contributed by atoms with Crippen LogP contribution >= 0.6 is 11.8 Å². The molecule has 1 saturated carbocycles. The van der Waals surface area contributed by atoms with Crippen LogP contribution in [0.3, 0.4) is 0 Å². The maximum Gasteiger partial charge on any atom is 0.335 e. The van der Waals surface area contributed by atoms with Crippen molar-refractivity contribution in [1.29, 1.82) is 0 Å². The molecule has 0 saturated heterocycles. The molecule has 0 spiro atoms. The number of carboxylic acid groups (broad SMARTS) is 1. The summed E-state index contributed by atoms with van der Waals surface area (Å²) < 4.78 is 0. The number of nitrogens with one attached hydrogen (secondary N) is 2. The number of rotatable bonds is 7. The topological polar surface area (TPSA) is 95.5 Å². The summed E-state index contributed by atoms with van der Waals surface area (Å²) in [6.07, 6.45) is 1.89. The molecule has 1 aliphatic carbocycles. The fourth-order valence-corrected chi connectivity index (χ4v) is 3.39. The van der Waals surface area contributed by atoms with Crippen LogP contribution in [0.1, 0.15) is 30.1 Å². The van der Waals surface area contributed by atoms with Gasteiger partial charge < -0.3 is 15.7 Å². The van der Waals surface area contributed by atoms with Gasteiger partial charge in [0.25, 0.3) is 0 Å². The highest BCUT2D eigenvalue weighted by atomic mass is 32.2. The van der Waals surface area contributed by atoms with Gasteiger partial charge >= 0.3 is 5.97 Å². The highest BCUT2D eigenvalue weighted by Crippen LogP contribution is 2.31. The van der Waals surface area contributed by atoms with E-state index in [1.54, 1.807) is 19.1 Å². The summed E-state index contributed by atoms with van der Waals surface area (Å²) in [5.74, 6) is -1.10. The standard InChI is InChI=1S/C20H20N2O4S/c1-12(18(23)21-15-5-2-4-14(10-15)20(25)26)27-17-7-3-6-16(11-17)22-19(24)13-8-9-13/h2-7,10-13H,8-9H2,1H3,(H,21,23)(H,22,24)(H,25,26). The van der Waals surface area contributed by atoms with Crippen LogP contribution in [-0.4, -0.2) is 28.1 Å². The Morgan fingerprint density at radius 1 is 1.04 bits per heavy atom. The van der Waals surface area contributed by atoms with Crippen LogP contribution in [0.15, 0.2) is 53.4 Å². The van der Waals surface area contributed by atoms with Crippen molar-refractivity contribution in [2.75, 3.05) is 10.6 Å². The molecule has 1 fully saturated rings. The fraction of sp³-hybridized carbons (Fsp3) is 0.250. The zero-order valence-corrected chi connectivity index (χ0v) is 15.6. The summed E-state index contributed by atoms with van der Waals surface area (Å²) in [6, 6.07) is 13.5. The Labute approximate surface area is 161 Å². The SMILES string of the molecule is CC(Sc1cccc(NC(=O)C2CC2)c1)C(=O)Nc1cccc(C(=O)O)c1. The van der Waals surface area contributed by atoms with Gasteiger partial charge in [-0.15, -0.1) is 11.8 Å². The molecule has 2 aromatic rings. The molecule has 0 heterocycles. The largest absolute Gasteiger partial charge is 0.478 e. The van der Waals surface area contributed by atoms with Crippen molar-refractivity contribution < 1.29 is 19.5 Å². The number of benzene rings is 2. The third-order valence-electron chi connectivity index (χ3n) is 4.11. The van der Waals surface area contributed by atoms with Gasteiger partial charge in [0.1, 0.15) is 0 Å². The summed E-state index contributed by atoms with van der Waals surface area (Å²) >= 11 is 1.37. The lowest BCUT2D eigenvalue weighted by molar-refractivity contribution is -0.117. The third kappa shape index (κ3) is 5.34. The van der Waals surface area contributed by atoms with E-state index in [1.807, 2.05) is 24.3 Å². The van der Waals surface area contributed by atoms with E-state index in [2.05, 4.69) is 10.6 Å². The van der Waals surface area contributed by atoms with Gasteiger partial charge in [0, 0.05) is 22.2 Å². The summed E-state index contributed by atoms with van der Waals surface area (Å²) in [7, 11) is 0. The van der Waals surface area contributed by atoms with E-state index in [1.165, 1.54) is 23.9 Å². The van der Waals surface area contributed by atoms with Crippen molar-refractivity contribution in [3.63, 3.8) is 0 Å². The van der Waals surface area contributed by atoms with Gasteiger partial charge in [-0.05, 0) is 56.2 Å². The number of thioether (sulfide) groups is 1. The van der Waals surface area contributed by atoms with E-state index in [4.69, 9.17) is 5.11 Å². The fourth-order valence-electron chi connectivity index (χ4n) is 2.47. The zero-order chi connectivity index (χ0) is 19.4. The van der Waals surface area contributed by atoms with Gasteiger partial charge in [-0.1, -0.05) is 12.1 Å². The van der Waals surface area contributed by atoms with Crippen LogP contribution in [0.4, 0.5) is 11.4 Å².